The number of anilines is 1. The summed E-state index contributed by atoms with van der Waals surface area (Å²) in [4.78, 5) is 7.13. The van der Waals surface area contributed by atoms with Crippen LogP contribution in [0.25, 0.3) is 0 Å². The molecule has 4 rings (SSSR count). The van der Waals surface area contributed by atoms with Crippen molar-refractivity contribution in [2.24, 2.45) is 4.99 Å². The van der Waals surface area contributed by atoms with Crippen molar-refractivity contribution in [2.45, 2.75) is 31.9 Å². The number of rotatable bonds is 4. The van der Waals surface area contributed by atoms with Gasteiger partial charge in [0.15, 0.2) is 0 Å². The number of piperazine rings is 1. The van der Waals surface area contributed by atoms with Crippen LogP contribution in [0.15, 0.2) is 53.5 Å². The molecule has 0 spiro atoms. The number of aliphatic imine (C=N–C) groups is 1. The summed E-state index contributed by atoms with van der Waals surface area (Å²) in [6.45, 7) is 5.18. The lowest BCUT2D eigenvalue weighted by Gasteiger charge is -2.37. The van der Waals surface area contributed by atoms with E-state index in [1.807, 2.05) is 12.1 Å². The minimum atomic E-state index is 0.133. The van der Waals surface area contributed by atoms with Gasteiger partial charge in [-0.1, -0.05) is 30.3 Å². The Kier molecular flexibility index (Phi) is 4.70. The fourth-order valence-corrected chi connectivity index (χ4v) is 3.70. The smallest absolute Gasteiger partial charge is 0.121 e. The van der Waals surface area contributed by atoms with Crippen molar-refractivity contribution < 1.29 is 4.74 Å². The molecule has 0 radical (unpaired) electrons. The highest BCUT2D eigenvalue weighted by Crippen LogP contribution is 2.36. The number of nitrogens with one attached hydrogen (secondary N) is 1. The van der Waals surface area contributed by atoms with Gasteiger partial charge in [-0.05, 0) is 24.6 Å². The quantitative estimate of drug-likeness (QED) is 0.928. The largest absolute Gasteiger partial charge is 0.490 e. The van der Waals surface area contributed by atoms with Crippen LogP contribution in [0.2, 0.25) is 0 Å². The van der Waals surface area contributed by atoms with Gasteiger partial charge in [-0.3, -0.25) is 4.99 Å². The molecule has 0 bridgehead atoms. The Hall–Kier alpha value is -2.33. The van der Waals surface area contributed by atoms with Gasteiger partial charge in [0.05, 0.1) is 17.5 Å². The molecule has 4 nitrogen and oxygen atoms in total. The number of hydrogen-bond donors (Lipinski definition) is 1. The molecule has 0 saturated carbocycles. The molecule has 1 fully saturated rings. The Morgan fingerprint density at radius 1 is 1.24 bits per heavy atom. The molecular weight excluding hydrogens is 310 g/mol. The van der Waals surface area contributed by atoms with Crippen LogP contribution in [0.1, 0.15) is 18.9 Å². The second kappa shape index (κ2) is 7.28. The van der Waals surface area contributed by atoms with Gasteiger partial charge in [-0.15, -0.1) is 0 Å². The third-order valence-corrected chi connectivity index (χ3v) is 4.92. The first-order chi connectivity index (χ1) is 12.3. The second-order valence-corrected chi connectivity index (χ2v) is 6.87. The third kappa shape index (κ3) is 3.69. The van der Waals surface area contributed by atoms with E-state index < -0.39 is 0 Å². The fraction of sp³-hybridized carbons (Fsp3) is 0.381. The van der Waals surface area contributed by atoms with E-state index in [0.29, 0.717) is 6.04 Å². The van der Waals surface area contributed by atoms with Crippen LogP contribution in [0.4, 0.5) is 11.4 Å². The van der Waals surface area contributed by atoms with Crippen molar-refractivity contribution in [3.63, 3.8) is 0 Å². The molecule has 2 aliphatic heterocycles. The van der Waals surface area contributed by atoms with Gasteiger partial charge in [-0.25, -0.2) is 0 Å². The second-order valence-electron chi connectivity index (χ2n) is 6.87. The summed E-state index contributed by atoms with van der Waals surface area (Å²) >= 11 is 0. The van der Waals surface area contributed by atoms with E-state index >= 15 is 0 Å². The molecule has 25 heavy (non-hydrogen) atoms. The summed E-state index contributed by atoms with van der Waals surface area (Å²) in [5, 5.41) is 3.48. The Bertz CT molecular complexity index is 744. The molecule has 2 aliphatic rings. The Morgan fingerprint density at radius 3 is 3.00 bits per heavy atom. The average Bonchev–Trinajstić information content (AvgIpc) is 2.82. The molecule has 0 unspecified atom stereocenters. The molecule has 130 valence electrons. The average molecular weight is 335 g/mol. The predicted molar refractivity (Wildman–Crippen MR) is 103 cm³/mol. The molecule has 2 atom stereocenters. The van der Waals surface area contributed by atoms with E-state index in [9.17, 15) is 0 Å². The molecule has 2 heterocycles. The highest BCUT2D eigenvalue weighted by atomic mass is 16.5. The highest BCUT2D eigenvalue weighted by molar-refractivity contribution is 5.78. The van der Waals surface area contributed by atoms with Crippen LogP contribution in [-0.2, 0) is 6.42 Å². The maximum Gasteiger partial charge on any atom is 0.121 e. The van der Waals surface area contributed by atoms with Crippen LogP contribution < -0.4 is 15.0 Å². The Labute approximate surface area is 149 Å². The van der Waals surface area contributed by atoms with E-state index in [0.717, 1.165) is 43.9 Å². The SMILES string of the molecule is C[C@@H](Cc1ccccc1)Oc1ccc2c(c1)N1CCNC[C@@H]1CC=N2. The first kappa shape index (κ1) is 16.2. The van der Waals surface area contributed by atoms with E-state index in [4.69, 9.17) is 4.74 Å². The van der Waals surface area contributed by atoms with Gasteiger partial charge in [0.25, 0.3) is 0 Å². The molecule has 2 aromatic carbocycles. The zero-order valence-electron chi connectivity index (χ0n) is 14.7. The van der Waals surface area contributed by atoms with E-state index in [1.165, 1.54) is 11.3 Å². The molecule has 0 aliphatic carbocycles. The molecular formula is C21H25N3O. The minimum absolute atomic E-state index is 0.133. The van der Waals surface area contributed by atoms with Gasteiger partial charge in [0.2, 0.25) is 0 Å². The molecule has 0 aromatic heterocycles. The normalized spacial score (nSPS) is 20.4. The first-order valence-electron chi connectivity index (χ1n) is 9.14. The van der Waals surface area contributed by atoms with E-state index in [2.05, 4.69) is 64.7 Å². The Morgan fingerprint density at radius 2 is 2.12 bits per heavy atom. The van der Waals surface area contributed by atoms with Crippen molar-refractivity contribution in [1.82, 2.24) is 5.32 Å². The van der Waals surface area contributed by atoms with Gasteiger partial charge < -0.3 is 15.0 Å². The summed E-state index contributed by atoms with van der Waals surface area (Å²) in [6, 6.07) is 17.3. The lowest BCUT2D eigenvalue weighted by atomic mass is 10.1. The maximum absolute atomic E-state index is 6.21. The number of fused-ring (bicyclic) bond motifs is 3. The lowest BCUT2D eigenvalue weighted by molar-refractivity contribution is 0.222. The van der Waals surface area contributed by atoms with Crippen molar-refractivity contribution in [1.29, 1.82) is 0 Å². The van der Waals surface area contributed by atoms with Gasteiger partial charge in [0.1, 0.15) is 5.75 Å². The first-order valence-corrected chi connectivity index (χ1v) is 9.14. The topological polar surface area (TPSA) is 36.9 Å². The summed E-state index contributed by atoms with van der Waals surface area (Å²) in [5.41, 5.74) is 3.55. The molecule has 2 aromatic rings. The predicted octanol–water partition coefficient (Wildman–Crippen LogP) is 3.58. The van der Waals surface area contributed by atoms with E-state index in [-0.39, 0.29) is 6.10 Å². The number of hydrogen-bond acceptors (Lipinski definition) is 4. The summed E-state index contributed by atoms with van der Waals surface area (Å²) in [5.74, 6) is 0.927. The Balaban J connectivity index is 1.52. The summed E-state index contributed by atoms with van der Waals surface area (Å²) in [6.07, 6.45) is 4.08. The van der Waals surface area contributed by atoms with E-state index in [1.54, 1.807) is 0 Å². The van der Waals surface area contributed by atoms with Gasteiger partial charge in [0, 0.05) is 50.8 Å². The molecule has 4 heteroatoms. The number of nitrogens with zero attached hydrogens (tertiary/aromatic N) is 2. The van der Waals surface area contributed by atoms with Crippen molar-refractivity contribution in [3.05, 3.63) is 54.1 Å². The highest BCUT2D eigenvalue weighted by Gasteiger charge is 2.26. The molecule has 1 saturated heterocycles. The van der Waals surface area contributed by atoms with Crippen LogP contribution in [0.5, 0.6) is 5.75 Å². The van der Waals surface area contributed by atoms with Crippen molar-refractivity contribution >= 4 is 17.6 Å². The maximum atomic E-state index is 6.21. The summed E-state index contributed by atoms with van der Waals surface area (Å²) in [7, 11) is 0. The van der Waals surface area contributed by atoms with Crippen LogP contribution >= 0.6 is 0 Å². The van der Waals surface area contributed by atoms with Gasteiger partial charge in [-0.2, -0.15) is 0 Å². The number of benzene rings is 2. The number of ether oxygens (including phenoxy) is 1. The molecule has 1 N–H and O–H groups in total. The summed E-state index contributed by atoms with van der Waals surface area (Å²) < 4.78 is 6.21. The van der Waals surface area contributed by atoms with Crippen LogP contribution in [0, 0.1) is 0 Å². The molecule has 0 amide bonds. The van der Waals surface area contributed by atoms with Crippen molar-refractivity contribution in [3.8, 4) is 5.75 Å². The minimum Gasteiger partial charge on any atom is -0.490 e. The van der Waals surface area contributed by atoms with Gasteiger partial charge >= 0.3 is 0 Å². The third-order valence-electron chi connectivity index (χ3n) is 4.92. The zero-order valence-corrected chi connectivity index (χ0v) is 14.7. The lowest BCUT2D eigenvalue weighted by Crippen LogP contribution is -2.51. The monoisotopic (exact) mass is 335 g/mol. The zero-order chi connectivity index (χ0) is 17.1. The van der Waals surface area contributed by atoms with Crippen LogP contribution in [-0.4, -0.2) is 38.0 Å². The standard InChI is InChI=1S/C21H25N3O/c1-16(13-17-5-3-2-4-6-17)25-19-7-8-20-21(14-19)24-12-11-22-15-18(24)9-10-23-20/h2-8,10,14,16,18,22H,9,11-13,15H2,1H3/t16-,18-/m0/s1. The fourth-order valence-electron chi connectivity index (χ4n) is 3.70. The van der Waals surface area contributed by atoms with Crippen molar-refractivity contribution in [2.75, 3.05) is 24.5 Å². The van der Waals surface area contributed by atoms with Crippen LogP contribution in [0.3, 0.4) is 0 Å².